The van der Waals surface area contributed by atoms with Crippen LogP contribution in [-0.4, -0.2) is 16.3 Å². The maximum atomic E-state index is 12.7. The molecule has 2 nitrogen and oxygen atoms in total. The minimum Gasteiger partial charge on any atom is -0.302 e. The molecule has 0 saturated heterocycles. The van der Waals surface area contributed by atoms with E-state index in [1.807, 2.05) is 47.4 Å². The van der Waals surface area contributed by atoms with Crippen LogP contribution in [0.5, 0.6) is 0 Å². The summed E-state index contributed by atoms with van der Waals surface area (Å²) in [5.41, 5.74) is 3.63. The van der Waals surface area contributed by atoms with Gasteiger partial charge in [0.25, 0.3) is 5.91 Å². The molecule has 1 aliphatic rings. The second-order valence-electron chi connectivity index (χ2n) is 6.30. The van der Waals surface area contributed by atoms with Crippen LogP contribution < -0.4 is 0 Å². The fourth-order valence-corrected chi connectivity index (χ4v) is 2.76. The molecule has 0 aliphatic carbocycles. The van der Waals surface area contributed by atoms with Crippen LogP contribution in [0, 0.1) is 0 Å². The normalized spacial score (nSPS) is 16.4. The van der Waals surface area contributed by atoms with Crippen molar-refractivity contribution in [1.82, 2.24) is 4.90 Å². The van der Waals surface area contributed by atoms with Gasteiger partial charge in [0.15, 0.2) is 0 Å². The highest BCUT2D eigenvalue weighted by atomic mass is 16.2. The fraction of sp³-hybridized carbons (Fsp3) is 0.211. The van der Waals surface area contributed by atoms with Crippen molar-refractivity contribution in [2.45, 2.75) is 26.3 Å². The van der Waals surface area contributed by atoms with E-state index in [0.717, 1.165) is 22.4 Å². The van der Waals surface area contributed by atoms with Crippen LogP contribution in [0.2, 0.25) is 0 Å². The van der Waals surface area contributed by atoms with Crippen molar-refractivity contribution in [2.24, 2.45) is 0 Å². The Labute approximate surface area is 125 Å². The zero-order valence-corrected chi connectivity index (χ0v) is 12.6. The molecule has 2 aromatic carbocycles. The Morgan fingerprint density at radius 3 is 2.05 bits per heavy atom. The Hall–Kier alpha value is -2.35. The zero-order chi connectivity index (χ0) is 15.0. The van der Waals surface area contributed by atoms with Gasteiger partial charge >= 0.3 is 0 Å². The van der Waals surface area contributed by atoms with Crippen molar-refractivity contribution in [2.75, 3.05) is 0 Å². The van der Waals surface area contributed by atoms with Gasteiger partial charge in [0, 0.05) is 16.7 Å². The van der Waals surface area contributed by atoms with Crippen LogP contribution in [0.15, 0.2) is 54.6 Å². The van der Waals surface area contributed by atoms with Crippen molar-refractivity contribution in [1.29, 1.82) is 0 Å². The average Bonchev–Trinajstić information content (AvgIpc) is 2.73. The molecular weight excluding hydrogens is 258 g/mol. The molecule has 0 aromatic heterocycles. The summed E-state index contributed by atoms with van der Waals surface area (Å²) < 4.78 is 0. The maximum Gasteiger partial charge on any atom is 0.259 e. The first-order valence-corrected chi connectivity index (χ1v) is 7.19. The summed E-state index contributed by atoms with van der Waals surface area (Å²) in [4.78, 5) is 14.6. The molecule has 0 fully saturated rings. The Morgan fingerprint density at radius 2 is 1.43 bits per heavy atom. The summed E-state index contributed by atoms with van der Waals surface area (Å²) >= 11 is 0. The van der Waals surface area contributed by atoms with E-state index >= 15 is 0 Å². The van der Waals surface area contributed by atoms with Crippen LogP contribution >= 0.6 is 0 Å². The monoisotopic (exact) mass is 277 g/mol. The highest BCUT2D eigenvalue weighted by Crippen LogP contribution is 2.38. The molecule has 1 heterocycles. The number of nitrogens with zero attached hydrogens (tertiary/aromatic N) is 1. The van der Waals surface area contributed by atoms with E-state index in [2.05, 4.69) is 39.0 Å². The Bertz CT molecular complexity index is 708. The standard InChI is InChI=1S/C19H19NO/c1-19(2,3)20-17(13-14-9-5-4-6-10-14)15-11-7-8-12-16(15)18(20)21/h4-13H,1-3H3/b17-13+. The van der Waals surface area contributed by atoms with E-state index < -0.39 is 0 Å². The van der Waals surface area contributed by atoms with Crippen LogP contribution in [-0.2, 0) is 0 Å². The van der Waals surface area contributed by atoms with Gasteiger partial charge < -0.3 is 4.90 Å². The molecular formula is C19H19NO. The molecule has 0 unspecified atom stereocenters. The summed E-state index contributed by atoms with van der Waals surface area (Å²) in [6, 6.07) is 18.0. The third-order valence-electron chi connectivity index (χ3n) is 3.65. The molecule has 21 heavy (non-hydrogen) atoms. The molecule has 0 spiro atoms. The van der Waals surface area contributed by atoms with Crippen LogP contribution in [0.1, 0.15) is 42.3 Å². The largest absolute Gasteiger partial charge is 0.302 e. The highest BCUT2D eigenvalue weighted by molar-refractivity contribution is 6.12. The number of amides is 1. The second kappa shape index (κ2) is 4.88. The molecule has 0 saturated carbocycles. The van der Waals surface area contributed by atoms with Crippen molar-refractivity contribution in [3.8, 4) is 0 Å². The van der Waals surface area contributed by atoms with Gasteiger partial charge in [-0.3, -0.25) is 4.79 Å². The first-order chi connectivity index (χ1) is 9.98. The van der Waals surface area contributed by atoms with E-state index in [0.29, 0.717) is 0 Å². The second-order valence-corrected chi connectivity index (χ2v) is 6.30. The molecule has 0 N–H and O–H groups in total. The molecule has 1 aliphatic heterocycles. The lowest BCUT2D eigenvalue weighted by atomic mass is 10.0. The fourth-order valence-electron chi connectivity index (χ4n) is 2.76. The Kier molecular flexibility index (Phi) is 3.17. The Balaban J connectivity index is 2.19. The number of fused-ring (bicyclic) bond motifs is 1. The van der Waals surface area contributed by atoms with Crippen molar-refractivity contribution in [3.05, 3.63) is 71.3 Å². The number of carbonyl (C=O) groups excluding carboxylic acids is 1. The smallest absolute Gasteiger partial charge is 0.259 e. The van der Waals surface area contributed by atoms with Crippen molar-refractivity contribution in [3.63, 3.8) is 0 Å². The zero-order valence-electron chi connectivity index (χ0n) is 12.6. The van der Waals surface area contributed by atoms with E-state index in [1.54, 1.807) is 0 Å². The van der Waals surface area contributed by atoms with Crippen LogP contribution in [0.3, 0.4) is 0 Å². The number of hydrogen-bond acceptors (Lipinski definition) is 1. The maximum absolute atomic E-state index is 12.7. The number of hydrogen-bond donors (Lipinski definition) is 0. The van der Waals surface area contributed by atoms with Crippen LogP contribution in [0.25, 0.3) is 11.8 Å². The molecule has 0 bridgehead atoms. The van der Waals surface area contributed by atoms with Crippen molar-refractivity contribution >= 4 is 17.7 Å². The first kappa shape index (κ1) is 13.6. The molecule has 1 amide bonds. The first-order valence-electron chi connectivity index (χ1n) is 7.19. The average molecular weight is 277 g/mol. The van der Waals surface area contributed by atoms with E-state index in [4.69, 9.17) is 0 Å². The SMILES string of the molecule is CC(C)(C)N1C(=O)c2ccccc2/C1=C\c1ccccc1. The van der Waals surface area contributed by atoms with E-state index in [9.17, 15) is 4.79 Å². The van der Waals surface area contributed by atoms with E-state index in [1.165, 1.54) is 0 Å². The number of carbonyl (C=O) groups is 1. The third-order valence-corrected chi connectivity index (χ3v) is 3.65. The minimum absolute atomic E-state index is 0.0836. The minimum atomic E-state index is -0.253. The molecule has 0 atom stereocenters. The topological polar surface area (TPSA) is 20.3 Å². The quantitative estimate of drug-likeness (QED) is 0.754. The summed E-state index contributed by atoms with van der Waals surface area (Å²) in [6.45, 7) is 6.20. The summed E-state index contributed by atoms with van der Waals surface area (Å²) in [5, 5.41) is 0. The van der Waals surface area contributed by atoms with Crippen LogP contribution in [0.4, 0.5) is 0 Å². The van der Waals surface area contributed by atoms with Gasteiger partial charge in [0.05, 0.1) is 5.70 Å². The Morgan fingerprint density at radius 1 is 0.857 bits per heavy atom. The predicted molar refractivity (Wildman–Crippen MR) is 86.7 cm³/mol. The van der Waals surface area contributed by atoms with Crippen molar-refractivity contribution < 1.29 is 4.79 Å². The number of benzene rings is 2. The molecule has 2 aromatic rings. The predicted octanol–water partition coefficient (Wildman–Crippen LogP) is 4.44. The summed E-state index contributed by atoms with van der Waals surface area (Å²) in [5.74, 6) is 0.0836. The third kappa shape index (κ3) is 2.38. The molecule has 3 rings (SSSR count). The van der Waals surface area contributed by atoms with Gasteiger partial charge in [0.2, 0.25) is 0 Å². The van der Waals surface area contributed by atoms with Gasteiger partial charge in [-0.1, -0.05) is 48.5 Å². The number of rotatable bonds is 1. The van der Waals surface area contributed by atoms with Gasteiger partial charge in [-0.15, -0.1) is 0 Å². The van der Waals surface area contributed by atoms with Gasteiger partial charge in [0.1, 0.15) is 0 Å². The van der Waals surface area contributed by atoms with Gasteiger partial charge in [-0.05, 0) is 38.5 Å². The molecule has 0 radical (unpaired) electrons. The lowest BCUT2D eigenvalue weighted by Gasteiger charge is -2.33. The van der Waals surface area contributed by atoms with Gasteiger partial charge in [-0.2, -0.15) is 0 Å². The lowest BCUT2D eigenvalue weighted by Crippen LogP contribution is -2.40. The highest BCUT2D eigenvalue weighted by Gasteiger charge is 2.38. The summed E-state index contributed by atoms with van der Waals surface area (Å²) in [7, 11) is 0. The molecule has 106 valence electrons. The summed E-state index contributed by atoms with van der Waals surface area (Å²) in [6.07, 6.45) is 2.09. The molecule has 2 heteroatoms. The lowest BCUT2D eigenvalue weighted by molar-refractivity contribution is 0.0750. The van der Waals surface area contributed by atoms with Gasteiger partial charge in [-0.25, -0.2) is 0 Å². The van der Waals surface area contributed by atoms with E-state index in [-0.39, 0.29) is 11.4 Å².